The van der Waals surface area contributed by atoms with Crippen LogP contribution in [-0.2, 0) is 10.9 Å². The Morgan fingerprint density at radius 2 is 1.82 bits per heavy atom. The number of ether oxygens (including phenoxy) is 2. The molecule has 1 aliphatic heterocycles. The fourth-order valence-electron chi connectivity index (χ4n) is 4.20. The van der Waals surface area contributed by atoms with Gasteiger partial charge in [-0.15, -0.1) is 0 Å². The van der Waals surface area contributed by atoms with Crippen LogP contribution >= 0.6 is 0 Å². The van der Waals surface area contributed by atoms with E-state index < -0.39 is 11.7 Å². The molecule has 180 valence electrons. The topological polar surface area (TPSA) is 67.5 Å². The lowest BCUT2D eigenvalue weighted by atomic mass is 9.93. The molecule has 1 atom stereocenters. The van der Waals surface area contributed by atoms with E-state index in [1.54, 1.807) is 37.6 Å². The van der Waals surface area contributed by atoms with Gasteiger partial charge in [-0.05, 0) is 61.2 Å². The van der Waals surface area contributed by atoms with Crippen molar-refractivity contribution in [2.45, 2.75) is 31.5 Å². The molecule has 2 aromatic carbocycles. The number of likely N-dealkylation sites (tertiary alicyclic amines) is 1. The van der Waals surface area contributed by atoms with Gasteiger partial charge in [0.15, 0.2) is 0 Å². The van der Waals surface area contributed by atoms with Crippen molar-refractivity contribution in [2.75, 3.05) is 26.9 Å². The second-order valence-corrected chi connectivity index (χ2v) is 8.15. The first-order valence-corrected chi connectivity index (χ1v) is 11.1. The van der Waals surface area contributed by atoms with Gasteiger partial charge in [0.1, 0.15) is 12.4 Å². The highest BCUT2D eigenvalue weighted by atomic mass is 19.4. The molecule has 1 amide bonds. The molecule has 1 aliphatic rings. The standard InChI is InChI=1S/C25H26F3N3O3/c1-33-14-15-34-20-11-7-18(8-12-20)24(32)31-13-3-2-4-22(31)23-21(16-29-30-23)17-5-9-19(10-6-17)25(26,27)28/h5-12,16,22H,2-4,13-15H2,1H3,(H,29,30)/t22-/m0/s1. The average Bonchev–Trinajstić information content (AvgIpc) is 3.34. The van der Waals surface area contributed by atoms with Gasteiger partial charge in [0.05, 0.1) is 30.1 Å². The van der Waals surface area contributed by atoms with Crippen molar-refractivity contribution in [1.29, 1.82) is 0 Å². The van der Waals surface area contributed by atoms with E-state index in [1.165, 1.54) is 12.1 Å². The average molecular weight is 473 g/mol. The summed E-state index contributed by atoms with van der Waals surface area (Å²) in [4.78, 5) is 15.2. The number of benzene rings is 2. The van der Waals surface area contributed by atoms with Crippen molar-refractivity contribution in [2.24, 2.45) is 0 Å². The van der Waals surface area contributed by atoms with Crippen molar-refractivity contribution >= 4 is 5.91 Å². The van der Waals surface area contributed by atoms with Crippen LogP contribution in [0.15, 0.2) is 54.7 Å². The number of halogens is 3. The monoisotopic (exact) mass is 473 g/mol. The van der Waals surface area contributed by atoms with E-state index in [0.29, 0.717) is 42.2 Å². The molecular formula is C25H26F3N3O3. The molecule has 1 saturated heterocycles. The maximum absolute atomic E-state index is 13.4. The number of carbonyl (C=O) groups is 1. The highest BCUT2D eigenvalue weighted by Gasteiger charge is 2.33. The van der Waals surface area contributed by atoms with Crippen LogP contribution in [0, 0.1) is 0 Å². The molecule has 1 N–H and O–H groups in total. The minimum Gasteiger partial charge on any atom is -0.491 e. The van der Waals surface area contributed by atoms with Gasteiger partial charge in [0.2, 0.25) is 0 Å². The van der Waals surface area contributed by atoms with Crippen molar-refractivity contribution in [1.82, 2.24) is 15.1 Å². The molecule has 4 rings (SSSR count). The fourth-order valence-corrected chi connectivity index (χ4v) is 4.20. The minimum absolute atomic E-state index is 0.110. The normalized spacial score (nSPS) is 16.5. The van der Waals surface area contributed by atoms with Crippen molar-refractivity contribution in [3.8, 4) is 16.9 Å². The zero-order valence-electron chi connectivity index (χ0n) is 18.8. The van der Waals surface area contributed by atoms with Gasteiger partial charge in [0.25, 0.3) is 5.91 Å². The third kappa shape index (κ3) is 5.25. The second kappa shape index (κ2) is 10.3. The van der Waals surface area contributed by atoms with Crippen LogP contribution in [0.3, 0.4) is 0 Å². The molecule has 1 aromatic heterocycles. The summed E-state index contributed by atoms with van der Waals surface area (Å²) in [6.45, 7) is 1.48. The molecule has 1 fully saturated rings. The Balaban J connectivity index is 1.55. The zero-order valence-corrected chi connectivity index (χ0v) is 18.8. The molecule has 0 aliphatic carbocycles. The lowest BCUT2D eigenvalue weighted by Gasteiger charge is -2.35. The Morgan fingerprint density at radius 1 is 1.09 bits per heavy atom. The van der Waals surface area contributed by atoms with E-state index in [1.807, 2.05) is 4.90 Å². The van der Waals surface area contributed by atoms with Gasteiger partial charge in [-0.2, -0.15) is 18.3 Å². The number of aromatic amines is 1. The fraction of sp³-hybridized carbons (Fsp3) is 0.360. The predicted octanol–water partition coefficient (Wildman–Crippen LogP) is 5.49. The van der Waals surface area contributed by atoms with Gasteiger partial charge >= 0.3 is 6.18 Å². The molecule has 34 heavy (non-hydrogen) atoms. The van der Waals surface area contributed by atoms with Crippen molar-refractivity contribution in [3.63, 3.8) is 0 Å². The first kappa shape index (κ1) is 23.8. The number of amides is 1. The van der Waals surface area contributed by atoms with E-state index in [2.05, 4.69) is 10.2 Å². The minimum atomic E-state index is -4.39. The van der Waals surface area contributed by atoms with Crippen LogP contribution in [0.5, 0.6) is 5.75 Å². The van der Waals surface area contributed by atoms with E-state index in [4.69, 9.17) is 9.47 Å². The van der Waals surface area contributed by atoms with Crippen LogP contribution < -0.4 is 4.74 Å². The molecule has 0 radical (unpaired) electrons. The van der Waals surface area contributed by atoms with Gasteiger partial charge in [-0.1, -0.05) is 12.1 Å². The molecule has 0 spiro atoms. The van der Waals surface area contributed by atoms with Gasteiger partial charge in [-0.3, -0.25) is 9.89 Å². The first-order chi connectivity index (χ1) is 16.4. The Morgan fingerprint density at radius 3 is 2.50 bits per heavy atom. The summed E-state index contributed by atoms with van der Waals surface area (Å²) in [5, 5.41) is 7.14. The molecule has 6 nitrogen and oxygen atoms in total. The third-order valence-electron chi connectivity index (χ3n) is 5.95. The number of rotatable bonds is 7. The largest absolute Gasteiger partial charge is 0.491 e. The Labute approximate surface area is 195 Å². The summed E-state index contributed by atoms with van der Waals surface area (Å²) in [7, 11) is 1.60. The number of H-pyrrole nitrogens is 1. The molecule has 9 heteroatoms. The summed E-state index contributed by atoms with van der Waals surface area (Å²) >= 11 is 0. The lowest BCUT2D eigenvalue weighted by Crippen LogP contribution is -2.38. The molecule has 0 unspecified atom stereocenters. The number of aromatic nitrogens is 2. The number of carbonyl (C=O) groups excluding carboxylic acids is 1. The van der Waals surface area contributed by atoms with Crippen LogP contribution in [0.2, 0.25) is 0 Å². The van der Waals surface area contributed by atoms with Gasteiger partial charge in [-0.25, -0.2) is 0 Å². The van der Waals surface area contributed by atoms with Crippen molar-refractivity contribution < 1.29 is 27.4 Å². The van der Waals surface area contributed by atoms with E-state index >= 15 is 0 Å². The lowest BCUT2D eigenvalue weighted by molar-refractivity contribution is -0.137. The number of nitrogens with one attached hydrogen (secondary N) is 1. The van der Waals surface area contributed by atoms with Crippen LogP contribution in [-0.4, -0.2) is 47.9 Å². The predicted molar refractivity (Wildman–Crippen MR) is 120 cm³/mol. The van der Waals surface area contributed by atoms with Gasteiger partial charge < -0.3 is 14.4 Å². The molecule has 2 heterocycles. The van der Waals surface area contributed by atoms with Gasteiger partial charge in [0, 0.05) is 24.8 Å². The Kier molecular flexibility index (Phi) is 7.21. The second-order valence-electron chi connectivity index (χ2n) is 8.15. The molecule has 0 saturated carbocycles. The zero-order chi connectivity index (χ0) is 24.1. The molecule has 3 aromatic rings. The number of alkyl halides is 3. The maximum atomic E-state index is 13.4. The van der Waals surface area contributed by atoms with E-state index in [0.717, 1.165) is 37.1 Å². The highest BCUT2D eigenvalue weighted by Crippen LogP contribution is 2.37. The third-order valence-corrected chi connectivity index (χ3v) is 5.95. The van der Waals surface area contributed by atoms with Crippen LogP contribution in [0.4, 0.5) is 13.2 Å². The van der Waals surface area contributed by atoms with Crippen molar-refractivity contribution in [3.05, 3.63) is 71.5 Å². The number of piperidine rings is 1. The van der Waals surface area contributed by atoms with Crippen LogP contribution in [0.25, 0.3) is 11.1 Å². The maximum Gasteiger partial charge on any atom is 0.416 e. The highest BCUT2D eigenvalue weighted by molar-refractivity contribution is 5.94. The molecule has 0 bridgehead atoms. The number of hydrogen-bond donors (Lipinski definition) is 1. The Hall–Kier alpha value is -3.33. The quantitative estimate of drug-likeness (QED) is 0.461. The van der Waals surface area contributed by atoms with E-state index in [-0.39, 0.29) is 11.9 Å². The summed E-state index contributed by atoms with van der Waals surface area (Å²) in [6, 6.07) is 11.7. The Bertz CT molecular complexity index is 1100. The summed E-state index contributed by atoms with van der Waals surface area (Å²) in [5.74, 6) is 0.545. The molecular weight excluding hydrogens is 447 g/mol. The summed E-state index contributed by atoms with van der Waals surface area (Å²) in [5.41, 5.74) is 1.88. The smallest absolute Gasteiger partial charge is 0.416 e. The number of hydrogen-bond acceptors (Lipinski definition) is 4. The first-order valence-electron chi connectivity index (χ1n) is 11.1. The summed E-state index contributed by atoms with van der Waals surface area (Å²) in [6.07, 6.45) is -0.244. The van der Waals surface area contributed by atoms with E-state index in [9.17, 15) is 18.0 Å². The summed E-state index contributed by atoms with van der Waals surface area (Å²) < 4.78 is 49.4. The SMILES string of the molecule is COCCOc1ccc(C(=O)N2CCCC[C@H]2c2[nH]ncc2-c2ccc(C(F)(F)F)cc2)cc1. The number of nitrogens with zero attached hydrogens (tertiary/aromatic N) is 2. The van der Waals surface area contributed by atoms with Crippen LogP contribution in [0.1, 0.15) is 46.9 Å². The number of methoxy groups -OCH3 is 1.